The van der Waals surface area contributed by atoms with Gasteiger partial charge in [-0.15, -0.1) is 0 Å². The Morgan fingerprint density at radius 2 is 1.96 bits per heavy atom. The lowest BCUT2D eigenvalue weighted by Gasteiger charge is -2.11. The Hall–Kier alpha value is -2.28. The van der Waals surface area contributed by atoms with Gasteiger partial charge in [0.25, 0.3) is 10.0 Å². The van der Waals surface area contributed by atoms with Gasteiger partial charge in [0.1, 0.15) is 11.6 Å². The van der Waals surface area contributed by atoms with Gasteiger partial charge in [-0.1, -0.05) is 19.8 Å². The Labute approximate surface area is 149 Å². The summed E-state index contributed by atoms with van der Waals surface area (Å²) in [6.45, 7) is 4.77. The van der Waals surface area contributed by atoms with Crippen LogP contribution in [-0.2, 0) is 10.0 Å². The minimum atomic E-state index is -3.69. The molecule has 0 unspecified atom stereocenters. The Morgan fingerprint density at radius 3 is 2.56 bits per heavy atom. The minimum absolute atomic E-state index is 0.205. The number of nitrogens with zero attached hydrogens (tertiary/aromatic N) is 1. The van der Waals surface area contributed by atoms with Gasteiger partial charge in [0.15, 0.2) is 0 Å². The van der Waals surface area contributed by atoms with Crippen molar-refractivity contribution in [2.24, 2.45) is 0 Å². The van der Waals surface area contributed by atoms with Gasteiger partial charge in [0.2, 0.25) is 0 Å². The molecule has 2 N–H and O–H groups in total. The number of aryl methyl sites for hydroxylation is 1. The highest BCUT2D eigenvalue weighted by molar-refractivity contribution is 7.92. The quantitative estimate of drug-likeness (QED) is 0.662. The van der Waals surface area contributed by atoms with E-state index in [4.69, 9.17) is 4.74 Å². The summed E-state index contributed by atoms with van der Waals surface area (Å²) in [5.41, 5.74) is 1.49. The number of ether oxygens (including phenoxy) is 1. The van der Waals surface area contributed by atoms with E-state index in [1.165, 1.54) is 18.9 Å². The molecule has 0 bridgehead atoms. The average Bonchev–Trinajstić information content (AvgIpc) is 2.59. The van der Waals surface area contributed by atoms with E-state index >= 15 is 0 Å². The summed E-state index contributed by atoms with van der Waals surface area (Å²) < 4.78 is 32.7. The molecule has 0 aliphatic rings. The van der Waals surface area contributed by atoms with Gasteiger partial charge in [-0.05, 0) is 49.2 Å². The van der Waals surface area contributed by atoms with Crippen molar-refractivity contribution in [3.63, 3.8) is 0 Å². The Morgan fingerprint density at radius 1 is 1.16 bits per heavy atom. The molecule has 136 valence electrons. The SMILES string of the molecule is CCCCCNc1ccc(NS(=O)(=O)c2ccc(OC)cc2C)nc1. The van der Waals surface area contributed by atoms with Crippen molar-refractivity contribution in [3.05, 3.63) is 42.1 Å². The summed E-state index contributed by atoms with van der Waals surface area (Å²) in [7, 11) is -2.15. The smallest absolute Gasteiger partial charge is 0.263 e. The summed E-state index contributed by atoms with van der Waals surface area (Å²) in [4.78, 5) is 4.38. The molecule has 0 spiro atoms. The molecule has 1 aromatic heterocycles. The van der Waals surface area contributed by atoms with Crippen LogP contribution in [0.15, 0.2) is 41.4 Å². The second kappa shape index (κ2) is 8.71. The molecule has 6 nitrogen and oxygen atoms in total. The van der Waals surface area contributed by atoms with E-state index in [0.717, 1.165) is 18.7 Å². The van der Waals surface area contributed by atoms with E-state index in [9.17, 15) is 8.42 Å². The van der Waals surface area contributed by atoms with Crippen LogP contribution < -0.4 is 14.8 Å². The third-order valence-corrected chi connectivity index (χ3v) is 5.30. The van der Waals surface area contributed by atoms with Crippen molar-refractivity contribution in [2.75, 3.05) is 23.7 Å². The van der Waals surface area contributed by atoms with Crippen LogP contribution in [0, 0.1) is 6.92 Å². The number of pyridine rings is 1. The first kappa shape index (κ1) is 19.1. The molecular formula is C18H25N3O3S. The summed E-state index contributed by atoms with van der Waals surface area (Å²) in [6, 6.07) is 8.31. The number of hydrogen-bond donors (Lipinski definition) is 2. The van der Waals surface area contributed by atoms with Gasteiger partial charge in [-0.25, -0.2) is 13.4 Å². The fourth-order valence-corrected chi connectivity index (χ4v) is 3.65. The summed E-state index contributed by atoms with van der Waals surface area (Å²) in [5.74, 6) is 0.905. The number of methoxy groups -OCH3 is 1. The predicted molar refractivity (Wildman–Crippen MR) is 101 cm³/mol. The Balaban J connectivity index is 2.05. The van der Waals surface area contributed by atoms with Crippen molar-refractivity contribution >= 4 is 21.5 Å². The first-order valence-corrected chi connectivity index (χ1v) is 9.82. The lowest BCUT2D eigenvalue weighted by atomic mass is 10.2. The van der Waals surface area contributed by atoms with Crippen molar-refractivity contribution in [3.8, 4) is 5.75 Å². The van der Waals surface area contributed by atoms with Gasteiger partial charge in [0, 0.05) is 6.54 Å². The van der Waals surface area contributed by atoms with E-state index in [1.807, 2.05) is 6.07 Å². The van der Waals surface area contributed by atoms with E-state index in [1.54, 1.807) is 38.4 Å². The molecule has 0 atom stereocenters. The van der Waals surface area contributed by atoms with Crippen LogP contribution in [0.4, 0.5) is 11.5 Å². The number of hydrogen-bond acceptors (Lipinski definition) is 5. The number of rotatable bonds is 9. The first-order chi connectivity index (χ1) is 12.0. The number of aromatic nitrogens is 1. The number of sulfonamides is 1. The van der Waals surface area contributed by atoms with Gasteiger partial charge in [0.05, 0.1) is 23.9 Å². The molecular weight excluding hydrogens is 338 g/mol. The maximum atomic E-state index is 12.5. The van der Waals surface area contributed by atoms with E-state index in [-0.39, 0.29) is 10.7 Å². The molecule has 0 aliphatic heterocycles. The normalized spacial score (nSPS) is 11.2. The number of benzene rings is 1. The average molecular weight is 363 g/mol. The maximum Gasteiger partial charge on any atom is 0.263 e. The minimum Gasteiger partial charge on any atom is -0.497 e. The standard InChI is InChI=1S/C18H25N3O3S/c1-4-5-6-11-19-15-7-10-18(20-13-15)21-25(22,23)17-9-8-16(24-3)12-14(17)2/h7-10,12-13,19H,4-6,11H2,1-3H3,(H,20,21). The molecule has 2 rings (SSSR count). The van der Waals surface area contributed by atoms with Crippen molar-refractivity contribution in [1.29, 1.82) is 0 Å². The molecule has 25 heavy (non-hydrogen) atoms. The van der Waals surface area contributed by atoms with Gasteiger partial charge < -0.3 is 10.1 Å². The van der Waals surface area contributed by atoms with Crippen LogP contribution >= 0.6 is 0 Å². The van der Waals surface area contributed by atoms with Crippen molar-refractivity contribution < 1.29 is 13.2 Å². The molecule has 2 aromatic rings. The molecule has 7 heteroatoms. The topological polar surface area (TPSA) is 80.3 Å². The van der Waals surface area contributed by atoms with Crippen LogP contribution in [0.1, 0.15) is 31.7 Å². The first-order valence-electron chi connectivity index (χ1n) is 8.33. The summed E-state index contributed by atoms with van der Waals surface area (Å²) >= 11 is 0. The fraction of sp³-hybridized carbons (Fsp3) is 0.389. The molecule has 0 aliphatic carbocycles. The molecule has 0 saturated carbocycles. The number of nitrogens with one attached hydrogen (secondary N) is 2. The molecule has 0 radical (unpaired) electrons. The van der Waals surface area contributed by atoms with Crippen LogP contribution in [-0.4, -0.2) is 27.1 Å². The molecule has 0 saturated heterocycles. The second-order valence-electron chi connectivity index (χ2n) is 5.80. The van der Waals surface area contributed by atoms with Crippen molar-refractivity contribution in [2.45, 2.75) is 38.0 Å². The molecule has 0 fully saturated rings. The predicted octanol–water partition coefficient (Wildman–Crippen LogP) is 3.80. The highest BCUT2D eigenvalue weighted by atomic mass is 32.2. The Bertz CT molecular complexity index is 790. The van der Waals surface area contributed by atoms with Crippen LogP contribution in [0.5, 0.6) is 5.75 Å². The third-order valence-electron chi connectivity index (χ3n) is 3.78. The van der Waals surface area contributed by atoms with Crippen molar-refractivity contribution in [1.82, 2.24) is 4.98 Å². The summed E-state index contributed by atoms with van der Waals surface area (Å²) in [6.07, 6.45) is 5.08. The van der Waals surface area contributed by atoms with Gasteiger partial charge in [-0.3, -0.25) is 4.72 Å². The summed E-state index contributed by atoms with van der Waals surface area (Å²) in [5, 5.41) is 3.27. The third kappa shape index (κ3) is 5.35. The zero-order valence-electron chi connectivity index (χ0n) is 14.9. The lowest BCUT2D eigenvalue weighted by Crippen LogP contribution is -2.15. The Kier molecular flexibility index (Phi) is 6.64. The van der Waals surface area contributed by atoms with Crippen LogP contribution in [0.25, 0.3) is 0 Å². The zero-order valence-corrected chi connectivity index (χ0v) is 15.7. The van der Waals surface area contributed by atoms with Gasteiger partial charge in [-0.2, -0.15) is 0 Å². The lowest BCUT2D eigenvalue weighted by molar-refractivity contribution is 0.414. The van der Waals surface area contributed by atoms with E-state index in [2.05, 4.69) is 21.9 Å². The molecule has 1 aromatic carbocycles. The molecule has 0 amide bonds. The van der Waals surface area contributed by atoms with Crippen LogP contribution in [0.2, 0.25) is 0 Å². The molecule has 1 heterocycles. The number of unbranched alkanes of at least 4 members (excludes halogenated alkanes) is 2. The fourth-order valence-electron chi connectivity index (χ4n) is 2.41. The second-order valence-corrected chi connectivity index (χ2v) is 7.45. The zero-order chi connectivity index (χ0) is 18.3. The highest BCUT2D eigenvalue weighted by Crippen LogP contribution is 2.23. The number of anilines is 2. The maximum absolute atomic E-state index is 12.5. The van der Waals surface area contributed by atoms with Gasteiger partial charge >= 0.3 is 0 Å². The van der Waals surface area contributed by atoms with Crippen LogP contribution in [0.3, 0.4) is 0 Å². The largest absolute Gasteiger partial charge is 0.497 e. The monoisotopic (exact) mass is 363 g/mol. The van der Waals surface area contributed by atoms with E-state index < -0.39 is 10.0 Å². The van der Waals surface area contributed by atoms with E-state index in [0.29, 0.717) is 11.3 Å². The highest BCUT2D eigenvalue weighted by Gasteiger charge is 2.18.